The number of ketones is 1. The topological polar surface area (TPSA) is 116 Å². The lowest BCUT2D eigenvalue weighted by molar-refractivity contribution is 0.0971. The second kappa shape index (κ2) is 10.3. The summed E-state index contributed by atoms with van der Waals surface area (Å²) in [5, 5.41) is 10.2. The Kier molecular flexibility index (Phi) is 6.74. The second-order valence-corrected chi connectivity index (χ2v) is 9.29. The third kappa shape index (κ3) is 4.83. The van der Waals surface area contributed by atoms with Gasteiger partial charge < -0.3 is 9.88 Å². The Labute approximate surface area is 212 Å². The normalized spacial score (nSPS) is 14.9. The number of carbonyl (C=O) groups is 1. The van der Waals surface area contributed by atoms with Gasteiger partial charge in [0.05, 0.1) is 28.2 Å². The highest BCUT2D eigenvalue weighted by atomic mass is 35.5. The Hall–Kier alpha value is -4.09. The highest BCUT2D eigenvalue weighted by Gasteiger charge is 2.30. The molecule has 180 valence electrons. The van der Waals surface area contributed by atoms with Crippen LogP contribution in [-0.4, -0.2) is 38.8 Å². The van der Waals surface area contributed by atoms with Crippen molar-refractivity contribution in [3.63, 3.8) is 0 Å². The molecule has 0 saturated carbocycles. The molecule has 8 nitrogen and oxygen atoms in total. The van der Waals surface area contributed by atoms with E-state index in [4.69, 9.17) is 11.6 Å². The van der Waals surface area contributed by atoms with Gasteiger partial charge in [0.2, 0.25) is 11.7 Å². The van der Waals surface area contributed by atoms with Crippen molar-refractivity contribution in [3.05, 3.63) is 93.3 Å². The first-order chi connectivity index (χ1) is 17.5. The van der Waals surface area contributed by atoms with Crippen molar-refractivity contribution in [2.75, 3.05) is 18.0 Å². The van der Waals surface area contributed by atoms with E-state index < -0.39 is 17.3 Å². The van der Waals surface area contributed by atoms with Crippen molar-refractivity contribution >= 4 is 34.2 Å². The number of nitrogens with zero attached hydrogens (tertiary/aromatic N) is 5. The first-order valence-corrected chi connectivity index (χ1v) is 12.2. The number of aromatic nitrogens is 4. The van der Waals surface area contributed by atoms with Gasteiger partial charge in [-0.25, -0.2) is 15.0 Å². The summed E-state index contributed by atoms with van der Waals surface area (Å²) >= 11 is 6.29. The summed E-state index contributed by atoms with van der Waals surface area (Å²) < 4.78 is 0. The Morgan fingerprint density at radius 1 is 1.11 bits per heavy atom. The molecule has 1 N–H and O–H groups in total. The number of nitriles is 1. The van der Waals surface area contributed by atoms with Crippen LogP contribution in [0.2, 0.25) is 5.02 Å². The summed E-state index contributed by atoms with van der Waals surface area (Å²) in [6.45, 7) is 1.52. The van der Waals surface area contributed by atoms with E-state index in [2.05, 4.69) is 44.2 Å². The van der Waals surface area contributed by atoms with Crippen LogP contribution in [-0.2, 0) is 6.42 Å². The van der Waals surface area contributed by atoms with Gasteiger partial charge in [0, 0.05) is 13.1 Å². The van der Waals surface area contributed by atoms with Crippen LogP contribution in [0, 0.1) is 17.2 Å². The fourth-order valence-electron chi connectivity index (χ4n) is 4.59. The van der Waals surface area contributed by atoms with Crippen molar-refractivity contribution in [2.45, 2.75) is 25.2 Å². The molecule has 36 heavy (non-hydrogen) atoms. The molecule has 2 aromatic carbocycles. The van der Waals surface area contributed by atoms with Crippen LogP contribution in [0.5, 0.6) is 0 Å². The Morgan fingerprint density at radius 3 is 2.58 bits per heavy atom. The van der Waals surface area contributed by atoms with Crippen molar-refractivity contribution < 1.29 is 4.79 Å². The van der Waals surface area contributed by atoms with Crippen molar-refractivity contribution in [1.29, 1.82) is 5.26 Å². The van der Waals surface area contributed by atoms with E-state index in [1.54, 1.807) is 24.3 Å². The maximum absolute atomic E-state index is 13.4. The Bertz CT molecular complexity index is 1510. The number of nitrogens with one attached hydrogen (secondary N) is 1. The molecule has 0 bridgehead atoms. The number of Topliss-reactive ketones (excluding diaryl/α,β-unsaturated/α-hetero) is 1. The fraction of sp³-hybridized carbons (Fsp3) is 0.259. The summed E-state index contributed by atoms with van der Waals surface area (Å²) in [4.78, 5) is 43.6. The molecule has 4 aromatic rings. The number of aromatic amines is 1. The number of para-hydroxylation sites is 1. The maximum atomic E-state index is 13.4. The largest absolute Gasteiger partial charge is 0.341 e. The summed E-state index contributed by atoms with van der Waals surface area (Å²) in [5.41, 5.74) is 1.25. The van der Waals surface area contributed by atoms with Crippen LogP contribution < -0.4 is 10.5 Å². The van der Waals surface area contributed by atoms with Gasteiger partial charge in [0.25, 0.3) is 5.56 Å². The predicted octanol–water partition coefficient (Wildman–Crippen LogP) is 4.32. The number of fused-ring (bicyclic) bond motifs is 1. The van der Waals surface area contributed by atoms with Crippen molar-refractivity contribution in [2.24, 2.45) is 5.92 Å². The average Bonchev–Trinajstić information content (AvgIpc) is 2.90. The quantitative estimate of drug-likeness (QED) is 0.393. The smallest absolute Gasteiger partial charge is 0.258 e. The van der Waals surface area contributed by atoms with E-state index in [-0.39, 0.29) is 16.5 Å². The maximum Gasteiger partial charge on any atom is 0.258 e. The number of anilines is 1. The van der Waals surface area contributed by atoms with Crippen LogP contribution in [0.3, 0.4) is 0 Å². The van der Waals surface area contributed by atoms with E-state index in [9.17, 15) is 14.9 Å². The minimum atomic E-state index is -1.36. The molecule has 1 aliphatic heterocycles. The molecule has 0 spiro atoms. The molecule has 1 unspecified atom stereocenters. The van der Waals surface area contributed by atoms with Crippen LogP contribution in [0.4, 0.5) is 5.95 Å². The number of piperidine rings is 1. The van der Waals surface area contributed by atoms with E-state index in [0.29, 0.717) is 22.8 Å². The number of carbonyl (C=O) groups excluding carboxylic acids is 1. The molecule has 1 fully saturated rings. The van der Waals surface area contributed by atoms with Crippen molar-refractivity contribution in [3.8, 4) is 6.07 Å². The SMILES string of the molecule is N#CC(C(=O)c1nc(N2CCC(Cc3ccccc3)CC2)ncc1Cl)c1nc2ccccc2c(=O)[nH]1. The zero-order valence-electron chi connectivity index (χ0n) is 19.4. The Balaban J connectivity index is 1.35. The summed E-state index contributed by atoms with van der Waals surface area (Å²) in [5.74, 6) is -1.07. The van der Waals surface area contributed by atoms with Gasteiger partial charge in [0.1, 0.15) is 11.5 Å². The number of hydrogen-bond acceptors (Lipinski definition) is 7. The minimum Gasteiger partial charge on any atom is -0.341 e. The molecule has 0 amide bonds. The molecule has 1 aliphatic rings. The number of rotatable bonds is 6. The summed E-state index contributed by atoms with van der Waals surface area (Å²) in [6, 6.07) is 19.1. The first-order valence-electron chi connectivity index (χ1n) is 11.8. The van der Waals surface area contributed by atoms with Gasteiger partial charge >= 0.3 is 0 Å². The second-order valence-electron chi connectivity index (χ2n) is 8.88. The van der Waals surface area contributed by atoms with Crippen LogP contribution in [0.15, 0.2) is 65.6 Å². The zero-order chi connectivity index (χ0) is 25.1. The number of benzene rings is 2. The standard InChI is InChI=1S/C27H23ClN6O2/c28-21-16-30-27(34-12-10-18(11-13-34)14-17-6-2-1-3-7-17)32-23(21)24(35)20(15-29)25-31-22-9-5-4-8-19(22)26(36)33-25/h1-9,16,18,20H,10-14H2,(H,31,33,36). The summed E-state index contributed by atoms with van der Waals surface area (Å²) in [6.07, 6.45) is 4.37. The van der Waals surface area contributed by atoms with Gasteiger partial charge in [-0.15, -0.1) is 0 Å². The van der Waals surface area contributed by atoms with Gasteiger partial charge in [0.15, 0.2) is 5.92 Å². The lowest BCUT2D eigenvalue weighted by atomic mass is 9.90. The van der Waals surface area contributed by atoms with Crippen LogP contribution in [0.1, 0.15) is 40.6 Å². The highest BCUT2D eigenvalue weighted by molar-refractivity contribution is 6.33. The number of H-pyrrole nitrogens is 1. The molecule has 2 aromatic heterocycles. The van der Waals surface area contributed by atoms with Gasteiger partial charge in [-0.3, -0.25) is 9.59 Å². The number of hydrogen-bond donors (Lipinski definition) is 1. The van der Waals surface area contributed by atoms with Crippen LogP contribution in [0.25, 0.3) is 10.9 Å². The van der Waals surface area contributed by atoms with Crippen molar-refractivity contribution in [1.82, 2.24) is 19.9 Å². The molecule has 1 atom stereocenters. The Morgan fingerprint density at radius 2 is 1.83 bits per heavy atom. The average molecular weight is 499 g/mol. The van der Waals surface area contributed by atoms with Gasteiger partial charge in [-0.05, 0) is 42.9 Å². The molecular weight excluding hydrogens is 476 g/mol. The van der Waals surface area contributed by atoms with Crippen LogP contribution >= 0.6 is 11.6 Å². The van der Waals surface area contributed by atoms with E-state index in [0.717, 1.165) is 32.4 Å². The minimum absolute atomic E-state index is 0.0378. The zero-order valence-corrected chi connectivity index (χ0v) is 20.2. The molecule has 1 saturated heterocycles. The molecule has 9 heteroatoms. The predicted molar refractivity (Wildman–Crippen MR) is 137 cm³/mol. The summed E-state index contributed by atoms with van der Waals surface area (Å²) in [7, 11) is 0. The molecule has 0 aliphatic carbocycles. The lowest BCUT2D eigenvalue weighted by Gasteiger charge is -2.32. The van der Waals surface area contributed by atoms with E-state index in [1.807, 2.05) is 17.0 Å². The third-order valence-electron chi connectivity index (χ3n) is 6.53. The van der Waals surface area contributed by atoms with Gasteiger partial charge in [-0.2, -0.15) is 5.26 Å². The highest BCUT2D eigenvalue weighted by Crippen LogP contribution is 2.27. The molecule has 0 radical (unpaired) electrons. The first kappa shape index (κ1) is 23.6. The number of halogens is 1. The van der Waals surface area contributed by atoms with E-state index >= 15 is 0 Å². The molecule has 5 rings (SSSR count). The fourth-order valence-corrected chi connectivity index (χ4v) is 4.77. The van der Waals surface area contributed by atoms with E-state index in [1.165, 1.54) is 11.8 Å². The van der Waals surface area contributed by atoms with Gasteiger partial charge in [-0.1, -0.05) is 54.1 Å². The third-order valence-corrected chi connectivity index (χ3v) is 6.80. The monoisotopic (exact) mass is 498 g/mol. The lowest BCUT2D eigenvalue weighted by Crippen LogP contribution is -2.35. The molecule has 3 heterocycles. The molecular formula is C27H23ClN6O2.